The Morgan fingerprint density at radius 2 is 2.00 bits per heavy atom. The third-order valence-corrected chi connectivity index (χ3v) is 6.61. The molecule has 0 amide bonds. The topological polar surface area (TPSA) is 139 Å². The maximum Gasteiger partial charge on any atom is 0.277 e. The second-order valence-corrected chi connectivity index (χ2v) is 9.50. The second kappa shape index (κ2) is 8.83. The zero-order chi connectivity index (χ0) is 25.8. The van der Waals surface area contributed by atoms with Crippen molar-refractivity contribution in [3.05, 3.63) is 50.8 Å². The van der Waals surface area contributed by atoms with Gasteiger partial charge in [0.05, 0.1) is 46.6 Å². The Balaban J connectivity index is 1.61. The van der Waals surface area contributed by atoms with Gasteiger partial charge in [0.1, 0.15) is 28.9 Å². The fourth-order valence-corrected chi connectivity index (χ4v) is 4.40. The quantitative estimate of drug-likeness (QED) is 0.375. The molecule has 0 spiro atoms. The molecular weight excluding hydrogens is 503 g/mol. The molecule has 0 radical (unpaired) electrons. The third kappa shape index (κ3) is 4.08. The fraction of sp³-hybridized carbons (Fsp3) is 0.320. The van der Waals surface area contributed by atoms with E-state index in [1.165, 1.54) is 16.9 Å². The van der Waals surface area contributed by atoms with Crippen molar-refractivity contribution < 1.29 is 19.0 Å². The van der Waals surface area contributed by atoms with Crippen LogP contribution in [0.3, 0.4) is 0 Å². The highest BCUT2D eigenvalue weighted by atomic mass is 35.5. The van der Waals surface area contributed by atoms with Crippen molar-refractivity contribution in [1.82, 2.24) is 25.0 Å². The van der Waals surface area contributed by atoms with Gasteiger partial charge in [-0.05, 0) is 31.7 Å². The van der Waals surface area contributed by atoms with E-state index in [-0.39, 0.29) is 56.8 Å². The molecule has 4 aromatic rings. The lowest BCUT2D eigenvalue weighted by molar-refractivity contribution is 0.276. The van der Waals surface area contributed by atoms with Crippen LogP contribution in [-0.2, 0) is 13.7 Å². The zero-order valence-electron chi connectivity index (χ0n) is 19.6. The number of nitrogens with zero attached hydrogens (tertiary/aromatic N) is 5. The van der Waals surface area contributed by atoms with Crippen molar-refractivity contribution in [3.63, 3.8) is 0 Å². The third-order valence-electron chi connectivity index (χ3n) is 6.33. The van der Waals surface area contributed by atoms with Crippen LogP contribution in [0, 0.1) is 17.1 Å². The van der Waals surface area contributed by atoms with Gasteiger partial charge in [-0.3, -0.25) is 9.48 Å². The predicted molar refractivity (Wildman–Crippen MR) is 131 cm³/mol. The Kier molecular flexibility index (Phi) is 5.58. The molecule has 0 atom stereocenters. The van der Waals surface area contributed by atoms with E-state index in [9.17, 15) is 15.2 Å². The van der Waals surface area contributed by atoms with Crippen molar-refractivity contribution in [2.24, 2.45) is 7.05 Å². The summed E-state index contributed by atoms with van der Waals surface area (Å²) in [4.78, 5) is 17.3. The molecule has 3 aromatic heterocycles. The van der Waals surface area contributed by atoms with Gasteiger partial charge in [-0.15, -0.1) is 0 Å². The van der Waals surface area contributed by atoms with Crippen LogP contribution in [0.5, 0.6) is 11.6 Å². The average Bonchev–Trinajstić information content (AvgIpc) is 3.82. The van der Waals surface area contributed by atoms with Gasteiger partial charge >= 0.3 is 0 Å². The molecular formula is C25H20ClFN6O4. The molecule has 12 heteroatoms. The molecule has 1 aromatic carbocycles. The Morgan fingerprint density at radius 1 is 1.27 bits per heavy atom. The van der Waals surface area contributed by atoms with Crippen LogP contribution in [0.2, 0.25) is 5.02 Å². The Hall–Kier alpha value is -4.01. The van der Waals surface area contributed by atoms with Crippen LogP contribution in [0.25, 0.3) is 33.3 Å². The number of aliphatic hydroxyl groups is 1. The predicted octanol–water partition coefficient (Wildman–Crippen LogP) is 3.62. The number of hydrogen-bond donors (Lipinski definition) is 2. The molecule has 2 aliphatic rings. The van der Waals surface area contributed by atoms with Crippen LogP contribution < -0.4 is 15.0 Å². The van der Waals surface area contributed by atoms with Gasteiger partial charge in [-0.1, -0.05) is 11.6 Å². The minimum absolute atomic E-state index is 0.0111. The van der Waals surface area contributed by atoms with Gasteiger partial charge in [-0.2, -0.15) is 15.5 Å². The van der Waals surface area contributed by atoms with E-state index in [1.807, 2.05) is 0 Å². The monoisotopic (exact) mass is 522 g/mol. The lowest BCUT2D eigenvalue weighted by atomic mass is 9.98. The standard InChI is InChI=1S/C25H20ClFN6O4/c1-33-23(20-14(8-28)19(36-11-2-3-11)7-16(26)22(20)27)15(9-29-33)17-6-13-18(10-34)31-32-24(35)21(13)25(30-17)37-12-4-5-12/h6-7,9,11-12,34H,2-5,10H2,1H3,(H,32,35). The maximum absolute atomic E-state index is 15.6. The van der Waals surface area contributed by atoms with Gasteiger partial charge in [0.25, 0.3) is 5.56 Å². The molecule has 0 bridgehead atoms. The minimum atomic E-state index is -0.796. The number of nitrogens with one attached hydrogen (secondary N) is 1. The van der Waals surface area contributed by atoms with Crippen molar-refractivity contribution >= 4 is 22.4 Å². The highest BCUT2D eigenvalue weighted by Gasteiger charge is 2.31. The van der Waals surface area contributed by atoms with Crippen molar-refractivity contribution in [1.29, 1.82) is 5.26 Å². The van der Waals surface area contributed by atoms with E-state index < -0.39 is 18.0 Å². The first-order chi connectivity index (χ1) is 17.9. The molecule has 37 heavy (non-hydrogen) atoms. The van der Waals surface area contributed by atoms with E-state index in [0.717, 1.165) is 25.7 Å². The lowest BCUT2D eigenvalue weighted by Crippen LogP contribution is -2.14. The number of hydrogen-bond acceptors (Lipinski definition) is 8. The summed E-state index contributed by atoms with van der Waals surface area (Å²) in [6, 6.07) is 4.95. The van der Waals surface area contributed by atoms with E-state index >= 15 is 4.39 Å². The summed E-state index contributed by atoms with van der Waals surface area (Å²) in [5.41, 5.74) is 0.524. The van der Waals surface area contributed by atoms with E-state index in [4.69, 9.17) is 21.1 Å². The molecule has 2 saturated carbocycles. The van der Waals surface area contributed by atoms with Gasteiger partial charge in [0, 0.05) is 24.1 Å². The lowest BCUT2D eigenvalue weighted by Gasteiger charge is -2.16. The number of aromatic amines is 1. The van der Waals surface area contributed by atoms with Gasteiger partial charge in [0.2, 0.25) is 5.88 Å². The number of ether oxygens (including phenoxy) is 2. The first-order valence-electron chi connectivity index (χ1n) is 11.7. The van der Waals surface area contributed by atoms with Crippen LogP contribution >= 0.6 is 11.6 Å². The molecule has 2 N–H and O–H groups in total. The zero-order valence-corrected chi connectivity index (χ0v) is 20.3. The second-order valence-electron chi connectivity index (χ2n) is 9.09. The number of halogens is 2. The average molecular weight is 523 g/mol. The molecule has 0 saturated heterocycles. The highest BCUT2D eigenvalue weighted by molar-refractivity contribution is 6.31. The SMILES string of the molecule is Cn1ncc(-c2cc3c(CO)n[nH]c(=O)c3c(OC3CC3)n2)c1-c1c(F)c(Cl)cc(OC2CC2)c1C#N. The first-order valence-corrected chi connectivity index (χ1v) is 12.1. The van der Waals surface area contributed by atoms with Crippen LogP contribution in [0.15, 0.2) is 23.1 Å². The molecule has 10 nitrogen and oxygen atoms in total. The number of aromatic nitrogens is 5. The molecule has 2 aliphatic carbocycles. The van der Waals surface area contributed by atoms with E-state index in [0.29, 0.717) is 16.6 Å². The number of rotatable bonds is 7. The summed E-state index contributed by atoms with van der Waals surface area (Å²) < 4.78 is 28.8. The van der Waals surface area contributed by atoms with Crippen molar-refractivity contribution in [2.45, 2.75) is 44.5 Å². The Morgan fingerprint density at radius 3 is 2.68 bits per heavy atom. The fourth-order valence-electron chi connectivity index (χ4n) is 4.21. The number of fused-ring (bicyclic) bond motifs is 1. The number of pyridine rings is 1. The van der Waals surface area contributed by atoms with E-state index in [1.54, 1.807) is 13.1 Å². The summed E-state index contributed by atoms with van der Waals surface area (Å²) in [5, 5.41) is 30.8. The smallest absolute Gasteiger partial charge is 0.277 e. The van der Waals surface area contributed by atoms with Gasteiger partial charge in [-0.25, -0.2) is 14.5 Å². The first kappa shape index (κ1) is 23.4. The minimum Gasteiger partial charge on any atom is -0.489 e. The summed E-state index contributed by atoms with van der Waals surface area (Å²) >= 11 is 6.24. The van der Waals surface area contributed by atoms with Crippen LogP contribution in [-0.4, -0.2) is 42.3 Å². The van der Waals surface area contributed by atoms with E-state index in [2.05, 4.69) is 26.3 Å². The summed E-state index contributed by atoms with van der Waals surface area (Å²) in [6.07, 6.45) is 4.69. The van der Waals surface area contributed by atoms with Crippen LogP contribution in [0.4, 0.5) is 4.39 Å². The molecule has 188 valence electrons. The van der Waals surface area contributed by atoms with Gasteiger partial charge < -0.3 is 14.6 Å². The van der Waals surface area contributed by atoms with Crippen LogP contribution in [0.1, 0.15) is 36.9 Å². The molecule has 2 fully saturated rings. The van der Waals surface area contributed by atoms with Crippen molar-refractivity contribution in [2.75, 3.05) is 0 Å². The molecule has 0 unspecified atom stereocenters. The number of aryl methyl sites for hydroxylation is 1. The largest absolute Gasteiger partial charge is 0.489 e. The molecule has 3 heterocycles. The summed E-state index contributed by atoms with van der Waals surface area (Å²) in [5.74, 6) is -0.523. The molecule has 0 aliphatic heterocycles. The Bertz CT molecular complexity index is 1670. The maximum atomic E-state index is 15.6. The van der Waals surface area contributed by atoms with Gasteiger partial charge in [0.15, 0.2) is 5.82 Å². The number of H-pyrrole nitrogens is 1. The summed E-state index contributed by atoms with van der Waals surface area (Å²) in [7, 11) is 1.61. The Labute approximate surface area is 214 Å². The number of aliphatic hydroxyl groups excluding tert-OH is 1. The van der Waals surface area contributed by atoms with Crippen molar-refractivity contribution in [3.8, 4) is 40.2 Å². The normalized spacial score (nSPS) is 15.1. The number of benzene rings is 1. The number of nitriles is 1. The highest BCUT2D eigenvalue weighted by Crippen LogP contribution is 2.43. The molecule has 6 rings (SSSR count). The summed E-state index contributed by atoms with van der Waals surface area (Å²) in [6.45, 7) is -0.442.